The van der Waals surface area contributed by atoms with Crippen molar-refractivity contribution in [2.45, 2.75) is 52.7 Å². The summed E-state index contributed by atoms with van der Waals surface area (Å²) in [7, 11) is -3.64. The van der Waals surface area contributed by atoms with Crippen molar-refractivity contribution in [3.8, 4) is 5.75 Å². The number of carbonyl (C=O) groups excluding carboxylic acids is 1. The highest BCUT2D eigenvalue weighted by molar-refractivity contribution is 7.92. The Kier molecular flexibility index (Phi) is 5.87. The highest BCUT2D eigenvalue weighted by Crippen LogP contribution is 2.39. The van der Waals surface area contributed by atoms with Crippen LogP contribution in [0.5, 0.6) is 5.75 Å². The van der Waals surface area contributed by atoms with Crippen molar-refractivity contribution in [1.29, 1.82) is 0 Å². The zero-order chi connectivity index (χ0) is 22.3. The van der Waals surface area contributed by atoms with Gasteiger partial charge in [0.05, 0.1) is 18.0 Å². The van der Waals surface area contributed by atoms with Crippen LogP contribution in [0.25, 0.3) is 0 Å². The smallest absolute Gasteiger partial charge is 0.241 e. The Bertz CT molecular complexity index is 1080. The maximum atomic E-state index is 13.0. The van der Waals surface area contributed by atoms with E-state index in [1.165, 1.54) is 4.31 Å². The predicted molar refractivity (Wildman–Crippen MR) is 119 cm³/mol. The summed E-state index contributed by atoms with van der Waals surface area (Å²) in [6.07, 6.45) is 1.72. The fourth-order valence-electron chi connectivity index (χ4n) is 3.84. The fraction of sp³-hybridized carbons (Fsp3) is 0.435. The Morgan fingerprint density at radius 2 is 1.77 bits per heavy atom. The van der Waals surface area contributed by atoms with Crippen LogP contribution >= 0.6 is 0 Å². The average molecular weight is 431 g/mol. The molecule has 1 aliphatic heterocycles. The quantitative estimate of drug-likeness (QED) is 0.783. The van der Waals surface area contributed by atoms with Crippen molar-refractivity contribution >= 4 is 21.6 Å². The number of benzene rings is 2. The van der Waals surface area contributed by atoms with Crippen LogP contribution in [0.2, 0.25) is 0 Å². The third-order valence-electron chi connectivity index (χ3n) is 5.28. The number of nitrogens with one attached hydrogen (secondary N) is 1. The molecule has 1 amide bonds. The molecule has 0 fully saturated rings. The number of rotatable bonds is 5. The first kappa shape index (κ1) is 22.2. The third kappa shape index (κ3) is 4.95. The highest BCUT2D eigenvalue weighted by atomic mass is 32.2. The Balaban J connectivity index is 1.88. The number of nitrogens with zero attached hydrogens (tertiary/aromatic N) is 1. The molecule has 0 aliphatic carbocycles. The van der Waals surface area contributed by atoms with Crippen LogP contribution in [0, 0.1) is 20.8 Å². The van der Waals surface area contributed by atoms with Gasteiger partial charge >= 0.3 is 0 Å². The van der Waals surface area contributed by atoms with Gasteiger partial charge in [0.15, 0.2) is 0 Å². The van der Waals surface area contributed by atoms with Crippen molar-refractivity contribution in [3.05, 3.63) is 58.7 Å². The van der Waals surface area contributed by atoms with Crippen LogP contribution < -0.4 is 14.4 Å². The lowest BCUT2D eigenvalue weighted by atomic mass is 9.89. The van der Waals surface area contributed by atoms with Gasteiger partial charge in [-0.1, -0.05) is 29.8 Å². The topological polar surface area (TPSA) is 75.7 Å². The average Bonchev–Trinajstić information content (AvgIpc) is 2.61. The van der Waals surface area contributed by atoms with Crippen molar-refractivity contribution in [3.63, 3.8) is 0 Å². The van der Waals surface area contributed by atoms with Crippen LogP contribution in [0.4, 0.5) is 5.69 Å². The fourth-order valence-corrected chi connectivity index (χ4v) is 4.75. The van der Waals surface area contributed by atoms with Gasteiger partial charge in [0.25, 0.3) is 0 Å². The molecular formula is C23H30N2O4S. The number of fused-ring (bicyclic) bond motifs is 1. The minimum absolute atomic E-state index is 0.254. The van der Waals surface area contributed by atoms with Gasteiger partial charge in [-0.15, -0.1) is 0 Å². The van der Waals surface area contributed by atoms with E-state index in [1.54, 1.807) is 6.07 Å². The van der Waals surface area contributed by atoms with Crippen LogP contribution in [-0.4, -0.2) is 32.7 Å². The molecule has 0 radical (unpaired) electrons. The summed E-state index contributed by atoms with van der Waals surface area (Å²) in [5, 5.41) is 3.04. The largest absolute Gasteiger partial charge is 0.487 e. The first-order valence-electron chi connectivity index (χ1n) is 10.00. The SMILES string of the molecule is Cc1ccc2c(c1)[C@@H](NC(=O)CN(c1cc(C)ccc1C)S(C)(=O)=O)CC(C)(C)O2. The van der Waals surface area contributed by atoms with E-state index in [4.69, 9.17) is 4.74 Å². The molecule has 162 valence electrons. The first-order chi connectivity index (χ1) is 13.9. The number of sulfonamides is 1. The van der Waals surface area contributed by atoms with Gasteiger partial charge in [-0.2, -0.15) is 0 Å². The van der Waals surface area contributed by atoms with Crippen LogP contribution in [-0.2, 0) is 14.8 Å². The molecule has 3 rings (SSSR count). The van der Waals surface area contributed by atoms with Gasteiger partial charge in [0.2, 0.25) is 15.9 Å². The number of hydrogen-bond donors (Lipinski definition) is 1. The van der Waals surface area contributed by atoms with Gasteiger partial charge in [0, 0.05) is 12.0 Å². The second-order valence-corrected chi connectivity index (χ2v) is 10.7. The summed E-state index contributed by atoms with van der Waals surface area (Å²) < 4.78 is 32.2. The van der Waals surface area contributed by atoms with Crippen molar-refractivity contribution < 1.29 is 17.9 Å². The minimum atomic E-state index is -3.64. The van der Waals surface area contributed by atoms with E-state index in [0.717, 1.165) is 34.3 Å². The second kappa shape index (κ2) is 7.95. The van der Waals surface area contributed by atoms with E-state index in [-0.39, 0.29) is 18.5 Å². The number of hydrogen-bond acceptors (Lipinski definition) is 4. The number of anilines is 1. The van der Waals surface area contributed by atoms with E-state index in [0.29, 0.717) is 12.1 Å². The lowest BCUT2D eigenvalue weighted by Crippen LogP contribution is -2.45. The molecule has 1 atom stereocenters. The Hall–Kier alpha value is -2.54. The lowest BCUT2D eigenvalue weighted by molar-refractivity contribution is -0.120. The van der Waals surface area contributed by atoms with E-state index in [9.17, 15) is 13.2 Å². The summed E-state index contributed by atoms with van der Waals surface area (Å²) in [4.78, 5) is 13.0. The van der Waals surface area contributed by atoms with Crippen molar-refractivity contribution in [1.82, 2.24) is 5.32 Å². The van der Waals surface area contributed by atoms with Gasteiger partial charge < -0.3 is 10.1 Å². The Morgan fingerprint density at radius 1 is 1.13 bits per heavy atom. The summed E-state index contributed by atoms with van der Waals surface area (Å²) in [6.45, 7) is 9.41. The molecule has 0 saturated heterocycles. The summed E-state index contributed by atoms with van der Waals surface area (Å²) in [6, 6.07) is 11.2. The standard InChI is InChI=1S/C23H30N2O4S/c1-15-8-10-21-18(11-15)19(13-23(4,5)29-21)24-22(26)14-25(30(6,27)28)20-12-16(2)7-9-17(20)3/h7-12,19H,13-14H2,1-6H3,(H,24,26)/t19-/m0/s1. The molecule has 30 heavy (non-hydrogen) atoms. The van der Waals surface area contributed by atoms with Crippen LogP contribution in [0.3, 0.4) is 0 Å². The molecule has 1 N–H and O–H groups in total. The molecule has 1 heterocycles. The Labute approximate surface area is 179 Å². The van der Waals surface area contributed by atoms with Gasteiger partial charge in [-0.25, -0.2) is 8.42 Å². The van der Waals surface area contributed by atoms with E-state index < -0.39 is 15.6 Å². The molecule has 0 unspecified atom stereocenters. The summed E-state index contributed by atoms with van der Waals surface area (Å²) in [5.41, 5.74) is 3.80. The zero-order valence-corrected chi connectivity index (χ0v) is 19.3. The van der Waals surface area contributed by atoms with E-state index in [2.05, 4.69) is 5.32 Å². The molecule has 0 bridgehead atoms. The summed E-state index contributed by atoms with van der Waals surface area (Å²) in [5.74, 6) is 0.396. The normalized spacial score (nSPS) is 17.6. The highest BCUT2D eigenvalue weighted by Gasteiger charge is 2.35. The predicted octanol–water partition coefficient (Wildman–Crippen LogP) is 3.80. The molecule has 0 spiro atoms. The number of amides is 1. The molecule has 6 nitrogen and oxygen atoms in total. The maximum Gasteiger partial charge on any atom is 0.241 e. The number of aryl methyl sites for hydroxylation is 3. The molecule has 0 saturated carbocycles. The maximum absolute atomic E-state index is 13.0. The first-order valence-corrected chi connectivity index (χ1v) is 11.8. The van der Waals surface area contributed by atoms with Gasteiger partial charge in [-0.05, 0) is 57.9 Å². The number of ether oxygens (including phenoxy) is 1. The van der Waals surface area contributed by atoms with E-state index in [1.807, 2.05) is 65.0 Å². The molecule has 0 aromatic heterocycles. The van der Waals surface area contributed by atoms with Crippen LogP contribution in [0.1, 0.15) is 48.6 Å². The van der Waals surface area contributed by atoms with Crippen LogP contribution in [0.15, 0.2) is 36.4 Å². The minimum Gasteiger partial charge on any atom is -0.487 e. The monoisotopic (exact) mass is 430 g/mol. The summed E-state index contributed by atoms with van der Waals surface area (Å²) >= 11 is 0. The van der Waals surface area contributed by atoms with Crippen molar-refractivity contribution in [2.24, 2.45) is 0 Å². The zero-order valence-electron chi connectivity index (χ0n) is 18.4. The lowest BCUT2D eigenvalue weighted by Gasteiger charge is -2.38. The Morgan fingerprint density at radius 3 is 2.43 bits per heavy atom. The second-order valence-electron chi connectivity index (χ2n) is 8.79. The van der Waals surface area contributed by atoms with Gasteiger partial charge in [0.1, 0.15) is 17.9 Å². The molecule has 2 aromatic carbocycles. The van der Waals surface area contributed by atoms with Crippen molar-refractivity contribution in [2.75, 3.05) is 17.1 Å². The third-order valence-corrected chi connectivity index (χ3v) is 6.41. The molecule has 2 aromatic rings. The van der Waals surface area contributed by atoms with E-state index >= 15 is 0 Å². The molecule has 1 aliphatic rings. The molecule has 7 heteroatoms. The van der Waals surface area contributed by atoms with Gasteiger partial charge in [-0.3, -0.25) is 9.10 Å². The number of carbonyl (C=O) groups is 1. The molecular weight excluding hydrogens is 400 g/mol.